The molecule has 0 amide bonds. The van der Waals surface area contributed by atoms with E-state index in [2.05, 4.69) is 5.32 Å². The lowest BCUT2D eigenvalue weighted by Crippen LogP contribution is -2.06. The van der Waals surface area contributed by atoms with Crippen LogP contribution in [0.15, 0.2) is 53.4 Å². The minimum Gasteiger partial charge on any atom is -0.385 e. The van der Waals surface area contributed by atoms with Crippen molar-refractivity contribution in [2.75, 3.05) is 17.6 Å². The Labute approximate surface area is 124 Å². The Morgan fingerprint density at radius 2 is 1.62 bits per heavy atom. The van der Waals surface area contributed by atoms with Crippen LogP contribution < -0.4 is 5.32 Å². The van der Waals surface area contributed by atoms with Gasteiger partial charge in [0.15, 0.2) is 9.84 Å². The molecule has 0 saturated heterocycles. The summed E-state index contributed by atoms with van der Waals surface area (Å²) in [6, 6.07) is 13.1. The Morgan fingerprint density at radius 3 is 2.19 bits per heavy atom. The van der Waals surface area contributed by atoms with E-state index in [0.29, 0.717) is 11.4 Å². The zero-order valence-corrected chi connectivity index (χ0v) is 12.7. The van der Waals surface area contributed by atoms with Crippen molar-refractivity contribution in [1.82, 2.24) is 0 Å². The fraction of sp³-hybridized carbons (Fsp3) is 0.250. The summed E-state index contributed by atoms with van der Waals surface area (Å²) in [5.41, 5.74) is 1.92. The van der Waals surface area contributed by atoms with Gasteiger partial charge in [0, 0.05) is 12.2 Å². The van der Waals surface area contributed by atoms with E-state index in [0.717, 1.165) is 17.7 Å². The van der Waals surface area contributed by atoms with Gasteiger partial charge in [-0.2, -0.15) is 0 Å². The zero-order valence-electron chi connectivity index (χ0n) is 11.8. The first-order valence-corrected chi connectivity index (χ1v) is 8.47. The lowest BCUT2D eigenvalue weighted by atomic mass is 10.1. The maximum Gasteiger partial charge on any atom is 0.178 e. The summed E-state index contributed by atoms with van der Waals surface area (Å²) < 4.78 is 36.1. The van der Waals surface area contributed by atoms with Gasteiger partial charge in [-0.15, -0.1) is 0 Å². The molecule has 0 spiro atoms. The normalized spacial score (nSPS) is 11.3. The minimum absolute atomic E-state index is 0.102. The molecule has 5 heteroatoms. The van der Waals surface area contributed by atoms with Crippen molar-refractivity contribution in [1.29, 1.82) is 0 Å². The number of benzene rings is 2. The predicted octanol–water partition coefficient (Wildman–Crippen LogP) is 3.27. The Bertz CT molecular complexity index is 679. The Hall–Kier alpha value is -1.88. The van der Waals surface area contributed by atoms with Crippen LogP contribution in [0.1, 0.15) is 12.5 Å². The van der Waals surface area contributed by atoms with Gasteiger partial charge < -0.3 is 5.32 Å². The third kappa shape index (κ3) is 4.29. The molecule has 1 N–H and O–H groups in total. The van der Waals surface area contributed by atoms with E-state index in [-0.39, 0.29) is 11.6 Å². The van der Waals surface area contributed by atoms with Crippen molar-refractivity contribution in [3.05, 3.63) is 59.9 Å². The average molecular weight is 307 g/mol. The van der Waals surface area contributed by atoms with E-state index in [4.69, 9.17) is 0 Å². The molecule has 112 valence electrons. The first-order valence-electron chi connectivity index (χ1n) is 6.82. The Kier molecular flexibility index (Phi) is 4.96. The highest BCUT2D eigenvalue weighted by atomic mass is 32.2. The number of hydrogen-bond donors (Lipinski definition) is 1. The third-order valence-electron chi connectivity index (χ3n) is 3.25. The van der Waals surface area contributed by atoms with Gasteiger partial charge in [0.05, 0.1) is 10.6 Å². The van der Waals surface area contributed by atoms with Crippen LogP contribution in [0.3, 0.4) is 0 Å². The molecule has 0 saturated carbocycles. The molecule has 0 bridgehead atoms. The van der Waals surface area contributed by atoms with Crippen LogP contribution in [0.5, 0.6) is 0 Å². The molecule has 0 fully saturated rings. The van der Waals surface area contributed by atoms with Gasteiger partial charge in [-0.1, -0.05) is 19.1 Å². The number of anilines is 1. The highest BCUT2D eigenvalue weighted by Gasteiger charge is 2.10. The third-order valence-corrected chi connectivity index (χ3v) is 5.00. The van der Waals surface area contributed by atoms with Crippen LogP contribution in [-0.4, -0.2) is 20.7 Å². The summed E-state index contributed by atoms with van der Waals surface area (Å²) in [4.78, 5) is 0.342. The monoisotopic (exact) mass is 307 g/mol. The number of hydrogen-bond acceptors (Lipinski definition) is 3. The largest absolute Gasteiger partial charge is 0.385 e. The second kappa shape index (κ2) is 6.72. The predicted molar refractivity (Wildman–Crippen MR) is 82.8 cm³/mol. The van der Waals surface area contributed by atoms with E-state index in [1.165, 1.54) is 12.1 Å². The van der Waals surface area contributed by atoms with Gasteiger partial charge in [-0.25, -0.2) is 12.8 Å². The first kappa shape index (κ1) is 15.5. The summed E-state index contributed by atoms with van der Waals surface area (Å²) in [7, 11) is -3.15. The van der Waals surface area contributed by atoms with Crippen molar-refractivity contribution >= 4 is 15.5 Å². The molecule has 3 nitrogen and oxygen atoms in total. The van der Waals surface area contributed by atoms with E-state index in [1.54, 1.807) is 43.3 Å². The van der Waals surface area contributed by atoms with Crippen LogP contribution in [0.4, 0.5) is 10.1 Å². The van der Waals surface area contributed by atoms with Crippen molar-refractivity contribution in [3.8, 4) is 0 Å². The van der Waals surface area contributed by atoms with E-state index in [1.807, 2.05) is 0 Å². The lowest BCUT2D eigenvalue weighted by Gasteiger charge is -2.08. The molecule has 0 aliphatic carbocycles. The number of rotatable bonds is 6. The molecule has 0 aliphatic rings. The molecule has 21 heavy (non-hydrogen) atoms. The van der Waals surface area contributed by atoms with Gasteiger partial charge >= 0.3 is 0 Å². The summed E-state index contributed by atoms with van der Waals surface area (Å²) in [6.45, 7) is 2.33. The molecule has 0 aliphatic heterocycles. The fourth-order valence-electron chi connectivity index (χ4n) is 1.95. The van der Waals surface area contributed by atoms with E-state index < -0.39 is 9.84 Å². The van der Waals surface area contributed by atoms with Crippen LogP contribution in [0, 0.1) is 5.82 Å². The zero-order chi connectivity index (χ0) is 15.3. The van der Waals surface area contributed by atoms with Crippen molar-refractivity contribution in [3.63, 3.8) is 0 Å². The van der Waals surface area contributed by atoms with Crippen molar-refractivity contribution < 1.29 is 12.8 Å². The second-order valence-corrected chi connectivity index (χ2v) is 7.01. The first-order chi connectivity index (χ1) is 10.0. The van der Waals surface area contributed by atoms with Crippen LogP contribution in [-0.2, 0) is 16.3 Å². The molecule has 0 aromatic heterocycles. The summed E-state index contributed by atoms with van der Waals surface area (Å²) in [5.74, 6) is -0.135. The molecule has 0 heterocycles. The quantitative estimate of drug-likeness (QED) is 0.891. The maximum atomic E-state index is 12.8. The van der Waals surface area contributed by atoms with Crippen molar-refractivity contribution in [2.24, 2.45) is 0 Å². The summed E-state index contributed by atoms with van der Waals surface area (Å²) >= 11 is 0. The smallest absolute Gasteiger partial charge is 0.178 e. The van der Waals surface area contributed by atoms with E-state index in [9.17, 15) is 12.8 Å². The molecule has 2 aromatic rings. The molecule has 2 rings (SSSR count). The average Bonchev–Trinajstić information content (AvgIpc) is 2.50. The molecule has 0 radical (unpaired) electrons. The minimum atomic E-state index is -3.15. The summed E-state index contributed by atoms with van der Waals surface area (Å²) in [5, 5.41) is 3.22. The highest BCUT2D eigenvalue weighted by molar-refractivity contribution is 7.91. The molecular weight excluding hydrogens is 289 g/mol. The highest BCUT2D eigenvalue weighted by Crippen LogP contribution is 2.15. The maximum absolute atomic E-state index is 12.8. The number of halogens is 1. The van der Waals surface area contributed by atoms with Gasteiger partial charge in [-0.05, 0) is 48.4 Å². The Balaban J connectivity index is 1.91. The topological polar surface area (TPSA) is 46.2 Å². The molecular formula is C16H18FNO2S. The number of nitrogens with one attached hydrogen (secondary N) is 1. The number of sulfone groups is 1. The fourth-order valence-corrected chi connectivity index (χ4v) is 2.83. The van der Waals surface area contributed by atoms with Gasteiger partial charge in [0.2, 0.25) is 0 Å². The second-order valence-electron chi connectivity index (χ2n) is 4.73. The Morgan fingerprint density at radius 1 is 1.00 bits per heavy atom. The SMILES string of the molecule is CCS(=O)(=O)c1ccc(NCCc2ccc(F)cc2)cc1. The van der Waals surface area contributed by atoms with Crippen LogP contribution in [0.2, 0.25) is 0 Å². The summed E-state index contributed by atoms with van der Waals surface area (Å²) in [6.07, 6.45) is 0.773. The van der Waals surface area contributed by atoms with Crippen LogP contribution in [0.25, 0.3) is 0 Å². The van der Waals surface area contributed by atoms with Gasteiger partial charge in [0.1, 0.15) is 5.82 Å². The van der Waals surface area contributed by atoms with Gasteiger partial charge in [0.25, 0.3) is 0 Å². The van der Waals surface area contributed by atoms with Gasteiger partial charge in [-0.3, -0.25) is 0 Å². The van der Waals surface area contributed by atoms with E-state index >= 15 is 0 Å². The lowest BCUT2D eigenvalue weighted by molar-refractivity contribution is 0.597. The molecule has 2 aromatic carbocycles. The molecule has 0 atom stereocenters. The van der Waals surface area contributed by atoms with Crippen molar-refractivity contribution in [2.45, 2.75) is 18.2 Å². The standard InChI is InChI=1S/C16H18FNO2S/c1-2-21(19,20)16-9-7-15(8-10-16)18-12-11-13-3-5-14(17)6-4-13/h3-10,18H,2,11-12H2,1H3. The molecule has 0 unspecified atom stereocenters. The van der Waals surface area contributed by atoms with Crippen LogP contribution >= 0.6 is 0 Å².